The summed E-state index contributed by atoms with van der Waals surface area (Å²) in [7, 11) is 0. The SMILES string of the molecule is CC1c2ccccc2[I+]c2ccccc21. The van der Waals surface area contributed by atoms with E-state index in [0.29, 0.717) is 5.92 Å². The molecule has 74 valence electrons. The molecular weight excluding hydrogens is 295 g/mol. The normalized spacial score (nSPS) is 14.5. The second-order valence-electron chi connectivity index (χ2n) is 3.86. The minimum Gasteiger partial charge on any atom is -0.0616 e. The molecule has 0 aromatic heterocycles. The van der Waals surface area contributed by atoms with Crippen LogP contribution in [0.3, 0.4) is 0 Å². The molecule has 0 amide bonds. The van der Waals surface area contributed by atoms with E-state index in [-0.39, 0.29) is 21.2 Å². The van der Waals surface area contributed by atoms with Crippen LogP contribution in [0.2, 0.25) is 0 Å². The molecule has 0 N–H and O–H groups in total. The molecule has 0 fully saturated rings. The van der Waals surface area contributed by atoms with Crippen molar-refractivity contribution in [1.29, 1.82) is 0 Å². The summed E-state index contributed by atoms with van der Waals surface area (Å²) < 4.78 is 3.20. The minimum atomic E-state index is 0.0481. The average Bonchev–Trinajstić information content (AvgIpc) is 2.30. The number of fused-ring (bicyclic) bond motifs is 2. The first kappa shape index (κ1) is 9.40. The zero-order valence-corrected chi connectivity index (χ0v) is 10.7. The van der Waals surface area contributed by atoms with Crippen LogP contribution in [-0.4, -0.2) is 0 Å². The van der Waals surface area contributed by atoms with Gasteiger partial charge in [-0.2, -0.15) is 0 Å². The Kier molecular flexibility index (Phi) is 2.28. The molecule has 1 heteroatoms. The molecule has 1 aliphatic rings. The molecule has 0 unspecified atom stereocenters. The van der Waals surface area contributed by atoms with Crippen molar-refractivity contribution in [3.05, 3.63) is 66.8 Å². The van der Waals surface area contributed by atoms with Crippen molar-refractivity contribution in [2.24, 2.45) is 0 Å². The molecule has 0 bridgehead atoms. The Balaban J connectivity index is 2.20. The van der Waals surface area contributed by atoms with Crippen LogP contribution in [0.25, 0.3) is 0 Å². The van der Waals surface area contributed by atoms with E-state index >= 15 is 0 Å². The largest absolute Gasteiger partial charge is 0.358 e. The summed E-state index contributed by atoms with van der Waals surface area (Å²) in [5.41, 5.74) is 3.09. The summed E-state index contributed by atoms with van der Waals surface area (Å²) in [5.74, 6) is 0.575. The second-order valence-corrected chi connectivity index (χ2v) is 6.72. The lowest BCUT2D eigenvalue weighted by atomic mass is 9.93. The van der Waals surface area contributed by atoms with Crippen molar-refractivity contribution in [3.8, 4) is 0 Å². The molecular formula is C14H12I+. The molecule has 0 radical (unpaired) electrons. The Morgan fingerprint density at radius 2 is 1.27 bits per heavy atom. The van der Waals surface area contributed by atoms with Crippen LogP contribution in [0.1, 0.15) is 24.0 Å². The number of hydrogen-bond donors (Lipinski definition) is 0. The molecule has 0 saturated carbocycles. The minimum absolute atomic E-state index is 0.0481. The Morgan fingerprint density at radius 1 is 0.800 bits per heavy atom. The highest BCUT2D eigenvalue weighted by atomic mass is 127. The van der Waals surface area contributed by atoms with Crippen LogP contribution >= 0.6 is 0 Å². The maximum absolute atomic E-state index is 2.32. The summed E-state index contributed by atoms with van der Waals surface area (Å²) >= 11 is 0.0481. The highest BCUT2D eigenvalue weighted by Gasteiger charge is 2.32. The summed E-state index contributed by atoms with van der Waals surface area (Å²) in [6.45, 7) is 2.32. The molecule has 0 nitrogen and oxygen atoms in total. The van der Waals surface area contributed by atoms with Gasteiger partial charge < -0.3 is 0 Å². The predicted octanol–water partition coefficient (Wildman–Crippen LogP) is 0.280. The van der Waals surface area contributed by atoms with Crippen molar-refractivity contribution in [1.82, 2.24) is 0 Å². The van der Waals surface area contributed by atoms with Gasteiger partial charge in [0.1, 0.15) is 0 Å². The Labute approximate surface area is 101 Å². The van der Waals surface area contributed by atoms with Gasteiger partial charge in [0.05, 0.1) is 0 Å². The number of benzene rings is 2. The summed E-state index contributed by atoms with van der Waals surface area (Å²) in [4.78, 5) is 0. The van der Waals surface area contributed by atoms with E-state index in [1.807, 2.05) is 0 Å². The van der Waals surface area contributed by atoms with Crippen molar-refractivity contribution in [2.45, 2.75) is 12.8 Å². The van der Waals surface area contributed by atoms with Crippen molar-refractivity contribution in [3.63, 3.8) is 0 Å². The van der Waals surface area contributed by atoms with Crippen LogP contribution < -0.4 is 21.2 Å². The fourth-order valence-electron chi connectivity index (χ4n) is 2.10. The molecule has 0 spiro atoms. The van der Waals surface area contributed by atoms with E-state index in [1.165, 1.54) is 0 Å². The van der Waals surface area contributed by atoms with Gasteiger partial charge in [-0.1, -0.05) is 43.3 Å². The molecule has 2 aromatic rings. The number of hydrogen-bond acceptors (Lipinski definition) is 0. The van der Waals surface area contributed by atoms with Gasteiger partial charge in [-0.05, 0) is 12.1 Å². The van der Waals surface area contributed by atoms with Crippen molar-refractivity contribution < 1.29 is 21.2 Å². The highest BCUT2D eigenvalue weighted by molar-refractivity contribution is 5.32. The zero-order valence-electron chi connectivity index (χ0n) is 8.57. The van der Waals surface area contributed by atoms with E-state index in [9.17, 15) is 0 Å². The van der Waals surface area contributed by atoms with E-state index < -0.39 is 0 Å². The Morgan fingerprint density at radius 3 is 1.80 bits per heavy atom. The van der Waals surface area contributed by atoms with Gasteiger partial charge in [0.25, 0.3) is 0 Å². The van der Waals surface area contributed by atoms with Crippen LogP contribution in [0.5, 0.6) is 0 Å². The fraction of sp³-hybridized carbons (Fsp3) is 0.143. The lowest BCUT2D eigenvalue weighted by Gasteiger charge is -2.16. The molecule has 1 heterocycles. The first-order valence-corrected chi connectivity index (χ1v) is 7.34. The highest BCUT2D eigenvalue weighted by Crippen LogP contribution is 2.25. The smallest absolute Gasteiger partial charge is 0.0616 e. The summed E-state index contributed by atoms with van der Waals surface area (Å²) in [6.07, 6.45) is 0. The van der Waals surface area contributed by atoms with E-state index in [1.54, 1.807) is 18.3 Å². The lowest BCUT2D eigenvalue weighted by Crippen LogP contribution is -3.62. The van der Waals surface area contributed by atoms with Crippen LogP contribution in [0, 0.1) is 7.14 Å². The Bertz CT molecular complexity index is 457. The first-order chi connectivity index (χ1) is 7.36. The fourth-order valence-corrected chi connectivity index (χ4v) is 5.42. The average molecular weight is 307 g/mol. The van der Waals surface area contributed by atoms with E-state index in [4.69, 9.17) is 0 Å². The van der Waals surface area contributed by atoms with Gasteiger partial charge >= 0.3 is 21.2 Å². The third kappa shape index (κ3) is 1.49. The van der Waals surface area contributed by atoms with Gasteiger partial charge in [0.2, 0.25) is 0 Å². The third-order valence-electron chi connectivity index (χ3n) is 2.95. The third-order valence-corrected chi connectivity index (χ3v) is 6.07. The van der Waals surface area contributed by atoms with Crippen molar-refractivity contribution in [2.75, 3.05) is 0 Å². The maximum atomic E-state index is 2.32. The maximum Gasteiger partial charge on any atom is 0.358 e. The molecule has 3 rings (SSSR count). The van der Waals surface area contributed by atoms with Crippen LogP contribution in [0.15, 0.2) is 48.5 Å². The monoisotopic (exact) mass is 307 g/mol. The molecule has 1 aliphatic heterocycles. The number of rotatable bonds is 0. The topological polar surface area (TPSA) is 0 Å². The van der Waals surface area contributed by atoms with Gasteiger partial charge in [0.15, 0.2) is 7.14 Å². The van der Waals surface area contributed by atoms with Crippen LogP contribution in [0.4, 0.5) is 0 Å². The summed E-state index contributed by atoms with van der Waals surface area (Å²) in [6, 6.07) is 17.8. The summed E-state index contributed by atoms with van der Waals surface area (Å²) in [5, 5.41) is 0. The quantitative estimate of drug-likeness (QED) is 0.614. The first-order valence-electron chi connectivity index (χ1n) is 5.19. The standard InChI is InChI=1S/C14H12I/c1-10-11-6-2-4-8-13(11)15-14-9-5-3-7-12(10)14/h2-10H,1H3/q+1. The molecule has 0 aliphatic carbocycles. The lowest BCUT2D eigenvalue weighted by molar-refractivity contribution is -0.602. The molecule has 2 aromatic carbocycles. The van der Waals surface area contributed by atoms with Crippen molar-refractivity contribution >= 4 is 0 Å². The van der Waals surface area contributed by atoms with Gasteiger partial charge in [0, 0.05) is 17.0 Å². The second kappa shape index (κ2) is 3.63. The molecule has 15 heavy (non-hydrogen) atoms. The van der Waals surface area contributed by atoms with Gasteiger partial charge in [-0.25, -0.2) is 0 Å². The van der Waals surface area contributed by atoms with Gasteiger partial charge in [-0.3, -0.25) is 0 Å². The van der Waals surface area contributed by atoms with E-state index in [0.717, 1.165) is 0 Å². The van der Waals surface area contributed by atoms with Gasteiger partial charge in [-0.15, -0.1) is 0 Å². The van der Waals surface area contributed by atoms with Crippen LogP contribution in [-0.2, 0) is 0 Å². The zero-order chi connectivity index (χ0) is 10.3. The van der Waals surface area contributed by atoms with E-state index in [2.05, 4.69) is 55.5 Å². The molecule has 0 saturated heterocycles. The molecule has 0 atom stereocenters. The number of halogens is 1. The predicted molar refractivity (Wildman–Crippen MR) is 57.8 cm³/mol. The Hall–Kier alpha value is -0.830.